The van der Waals surface area contributed by atoms with Gasteiger partial charge in [-0.05, 0) is 18.6 Å². The number of fused-ring (bicyclic) bond motifs is 1. The highest BCUT2D eigenvalue weighted by molar-refractivity contribution is 6.08. The average molecular weight is 257 g/mol. The van der Waals surface area contributed by atoms with E-state index in [1.165, 1.54) is 7.11 Å². The van der Waals surface area contributed by atoms with Crippen molar-refractivity contribution in [1.29, 1.82) is 0 Å². The summed E-state index contributed by atoms with van der Waals surface area (Å²) in [6.07, 6.45) is 0.403. The lowest BCUT2D eigenvalue weighted by Gasteiger charge is -2.11. The summed E-state index contributed by atoms with van der Waals surface area (Å²) >= 11 is 0. The first-order chi connectivity index (χ1) is 9.17. The molecule has 0 bridgehead atoms. The summed E-state index contributed by atoms with van der Waals surface area (Å²) in [7, 11) is 1.28. The van der Waals surface area contributed by atoms with Crippen molar-refractivity contribution in [3.05, 3.63) is 42.1 Å². The third-order valence-electron chi connectivity index (χ3n) is 3.06. The molecule has 0 spiro atoms. The molecule has 1 aromatic carbocycles. The van der Waals surface area contributed by atoms with E-state index in [0.29, 0.717) is 12.1 Å². The number of aromatic nitrogens is 1. The zero-order valence-electron chi connectivity index (χ0n) is 10.9. The molecular weight excluding hydrogens is 242 g/mol. The van der Waals surface area contributed by atoms with Crippen LogP contribution in [0.25, 0.3) is 10.9 Å². The van der Waals surface area contributed by atoms with Crippen molar-refractivity contribution in [2.75, 3.05) is 7.11 Å². The standard InChI is InChI=1S/C15H15NO3/c1-3-11(15(18)19-2)14(17)13-9-8-10-6-4-5-7-12(10)16-13/h4-9,11H,3H2,1-2H3. The molecule has 0 aliphatic carbocycles. The van der Waals surface area contributed by atoms with E-state index < -0.39 is 11.9 Å². The number of methoxy groups -OCH3 is 1. The molecule has 1 unspecified atom stereocenters. The third-order valence-corrected chi connectivity index (χ3v) is 3.06. The van der Waals surface area contributed by atoms with Crippen molar-refractivity contribution in [3.63, 3.8) is 0 Å². The van der Waals surface area contributed by atoms with Crippen LogP contribution in [0.4, 0.5) is 0 Å². The summed E-state index contributed by atoms with van der Waals surface area (Å²) in [4.78, 5) is 28.1. The molecule has 98 valence electrons. The molecule has 0 aliphatic rings. The fraction of sp³-hybridized carbons (Fsp3) is 0.267. The van der Waals surface area contributed by atoms with Gasteiger partial charge in [0.15, 0.2) is 5.78 Å². The molecule has 1 aromatic heterocycles. The molecule has 0 fully saturated rings. The molecule has 19 heavy (non-hydrogen) atoms. The predicted molar refractivity (Wildman–Crippen MR) is 71.9 cm³/mol. The molecule has 0 N–H and O–H groups in total. The van der Waals surface area contributed by atoms with Crippen molar-refractivity contribution in [2.45, 2.75) is 13.3 Å². The maximum atomic E-state index is 12.3. The van der Waals surface area contributed by atoms with Crippen LogP contribution in [0.1, 0.15) is 23.8 Å². The minimum absolute atomic E-state index is 0.292. The van der Waals surface area contributed by atoms with Gasteiger partial charge in [-0.2, -0.15) is 0 Å². The zero-order chi connectivity index (χ0) is 13.8. The lowest BCUT2D eigenvalue weighted by molar-refractivity contribution is -0.143. The van der Waals surface area contributed by atoms with E-state index in [1.54, 1.807) is 13.0 Å². The minimum Gasteiger partial charge on any atom is -0.468 e. The van der Waals surface area contributed by atoms with E-state index in [1.807, 2.05) is 30.3 Å². The second-order valence-electron chi connectivity index (χ2n) is 4.24. The number of nitrogens with zero attached hydrogens (tertiary/aromatic N) is 1. The number of benzene rings is 1. The Bertz CT molecular complexity index is 622. The van der Waals surface area contributed by atoms with Crippen LogP contribution in [-0.4, -0.2) is 23.8 Å². The number of hydrogen-bond donors (Lipinski definition) is 0. The molecule has 0 saturated heterocycles. The van der Waals surface area contributed by atoms with Gasteiger partial charge < -0.3 is 4.74 Å². The maximum Gasteiger partial charge on any atom is 0.316 e. The molecular formula is C15H15NO3. The van der Waals surface area contributed by atoms with Crippen LogP contribution < -0.4 is 0 Å². The Balaban J connectivity index is 2.37. The number of carbonyl (C=O) groups is 2. The predicted octanol–water partition coefficient (Wildman–Crippen LogP) is 2.62. The maximum absolute atomic E-state index is 12.3. The van der Waals surface area contributed by atoms with Crippen molar-refractivity contribution in [1.82, 2.24) is 4.98 Å². The average Bonchev–Trinajstić information content (AvgIpc) is 2.47. The first-order valence-electron chi connectivity index (χ1n) is 6.15. The Morgan fingerprint density at radius 2 is 1.95 bits per heavy atom. The summed E-state index contributed by atoms with van der Waals surface area (Å²) < 4.78 is 4.65. The summed E-state index contributed by atoms with van der Waals surface area (Å²) in [5.41, 5.74) is 1.05. The van der Waals surface area contributed by atoms with Crippen LogP contribution in [0.15, 0.2) is 36.4 Å². The third kappa shape index (κ3) is 2.62. The van der Waals surface area contributed by atoms with Gasteiger partial charge in [0, 0.05) is 5.39 Å². The van der Waals surface area contributed by atoms with Crippen molar-refractivity contribution < 1.29 is 14.3 Å². The second-order valence-corrected chi connectivity index (χ2v) is 4.24. The first kappa shape index (κ1) is 13.2. The van der Waals surface area contributed by atoms with Crippen LogP contribution in [0.2, 0.25) is 0 Å². The molecule has 4 nitrogen and oxygen atoms in total. The molecule has 2 rings (SSSR count). The van der Waals surface area contributed by atoms with Gasteiger partial charge in [-0.25, -0.2) is 4.98 Å². The Morgan fingerprint density at radius 1 is 1.21 bits per heavy atom. The Labute approximate surface area is 111 Å². The number of ketones is 1. The smallest absolute Gasteiger partial charge is 0.316 e. The van der Waals surface area contributed by atoms with Crippen molar-refractivity contribution in [3.8, 4) is 0 Å². The van der Waals surface area contributed by atoms with E-state index in [0.717, 1.165) is 10.9 Å². The van der Waals surface area contributed by atoms with Crippen LogP contribution in [0.5, 0.6) is 0 Å². The van der Waals surface area contributed by atoms with E-state index >= 15 is 0 Å². The Morgan fingerprint density at radius 3 is 2.63 bits per heavy atom. The highest BCUT2D eigenvalue weighted by Gasteiger charge is 2.27. The number of rotatable bonds is 4. The topological polar surface area (TPSA) is 56.3 Å². The second kappa shape index (κ2) is 5.61. The van der Waals surface area contributed by atoms with Crippen molar-refractivity contribution >= 4 is 22.7 Å². The van der Waals surface area contributed by atoms with E-state index in [2.05, 4.69) is 9.72 Å². The Kier molecular flexibility index (Phi) is 3.90. The van der Waals surface area contributed by atoms with Gasteiger partial charge in [-0.15, -0.1) is 0 Å². The van der Waals surface area contributed by atoms with Crippen molar-refractivity contribution in [2.24, 2.45) is 5.92 Å². The molecule has 0 radical (unpaired) electrons. The number of para-hydroxylation sites is 1. The number of ether oxygens (including phenoxy) is 1. The van der Waals surface area contributed by atoms with Gasteiger partial charge in [0.1, 0.15) is 11.6 Å². The largest absolute Gasteiger partial charge is 0.468 e. The number of Topliss-reactive ketones (excluding diaryl/α,β-unsaturated/α-hetero) is 1. The molecule has 4 heteroatoms. The first-order valence-corrected chi connectivity index (χ1v) is 6.15. The van der Waals surface area contributed by atoms with Gasteiger partial charge in [0.05, 0.1) is 12.6 Å². The van der Waals surface area contributed by atoms with Gasteiger partial charge in [-0.1, -0.05) is 31.2 Å². The molecule has 0 amide bonds. The molecule has 0 saturated carbocycles. The van der Waals surface area contributed by atoms with Gasteiger partial charge in [0.2, 0.25) is 0 Å². The van der Waals surface area contributed by atoms with Crippen LogP contribution in [0.3, 0.4) is 0 Å². The molecule has 1 atom stereocenters. The molecule has 2 aromatic rings. The number of esters is 1. The lowest BCUT2D eigenvalue weighted by atomic mass is 9.98. The highest BCUT2D eigenvalue weighted by atomic mass is 16.5. The molecule has 1 heterocycles. The number of carbonyl (C=O) groups excluding carboxylic acids is 2. The van der Waals surface area contributed by atoms with Gasteiger partial charge in [-0.3, -0.25) is 9.59 Å². The fourth-order valence-corrected chi connectivity index (χ4v) is 1.98. The lowest BCUT2D eigenvalue weighted by Crippen LogP contribution is -2.25. The summed E-state index contributed by atoms with van der Waals surface area (Å²) in [6.45, 7) is 1.78. The SMILES string of the molecule is CCC(C(=O)OC)C(=O)c1ccc2ccccc2n1. The van der Waals surface area contributed by atoms with Crippen LogP contribution >= 0.6 is 0 Å². The minimum atomic E-state index is -0.779. The van der Waals surface area contributed by atoms with E-state index in [9.17, 15) is 9.59 Å². The fourth-order valence-electron chi connectivity index (χ4n) is 1.98. The normalized spacial score (nSPS) is 12.1. The van der Waals surface area contributed by atoms with Gasteiger partial charge in [0.25, 0.3) is 0 Å². The van der Waals surface area contributed by atoms with Crippen LogP contribution in [-0.2, 0) is 9.53 Å². The van der Waals surface area contributed by atoms with E-state index in [-0.39, 0.29) is 5.78 Å². The Hall–Kier alpha value is -2.23. The molecule has 0 aliphatic heterocycles. The summed E-state index contributed by atoms with van der Waals surface area (Å²) in [5, 5.41) is 0.963. The number of hydrogen-bond acceptors (Lipinski definition) is 4. The zero-order valence-corrected chi connectivity index (χ0v) is 10.9. The monoisotopic (exact) mass is 257 g/mol. The number of pyridine rings is 1. The van der Waals surface area contributed by atoms with E-state index in [4.69, 9.17) is 0 Å². The summed E-state index contributed by atoms with van der Waals surface area (Å²) in [6, 6.07) is 11.0. The highest BCUT2D eigenvalue weighted by Crippen LogP contribution is 2.16. The van der Waals surface area contributed by atoms with Gasteiger partial charge >= 0.3 is 5.97 Å². The quantitative estimate of drug-likeness (QED) is 0.480. The summed E-state index contributed by atoms with van der Waals surface area (Å²) in [5.74, 6) is -1.58. The van der Waals surface area contributed by atoms with Crippen LogP contribution in [0, 0.1) is 5.92 Å².